The maximum absolute atomic E-state index is 13.1. The fourth-order valence-corrected chi connectivity index (χ4v) is 8.28. The van der Waals surface area contributed by atoms with Gasteiger partial charge in [0.1, 0.15) is 17.5 Å². The van der Waals surface area contributed by atoms with Crippen LogP contribution in [-0.4, -0.2) is 38.6 Å². The average Bonchev–Trinajstić information content (AvgIpc) is 3.48. The number of pyridine rings is 2. The highest BCUT2D eigenvalue weighted by Crippen LogP contribution is 2.19. The third-order valence-corrected chi connectivity index (χ3v) is 11.9. The third-order valence-electron chi connectivity index (χ3n) is 11.9. The Morgan fingerprint density at radius 2 is 0.667 bits per heavy atom. The first-order valence-electron chi connectivity index (χ1n) is 24.1. The van der Waals surface area contributed by atoms with Crippen molar-refractivity contribution in [1.29, 1.82) is 0 Å². The quantitative estimate of drug-likeness (QED) is 0.140. The fourth-order valence-electron chi connectivity index (χ4n) is 8.28. The number of hydrogen-bond acceptors (Lipinski definition) is 8. The minimum atomic E-state index is -0.0857. The van der Waals surface area contributed by atoms with Crippen LogP contribution in [0.5, 0.6) is 0 Å². The largest absolute Gasteiger partial charge is 0.268 e. The van der Waals surface area contributed by atoms with Crippen molar-refractivity contribution < 1.29 is 0 Å². The predicted molar refractivity (Wildman–Crippen MR) is 304 cm³/mol. The second-order valence-corrected chi connectivity index (χ2v) is 16.8. The molecule has 12 rings (SSSR count). The van der Waals surface area contributed by atoms with Crippen molar-refractivity contribution in [2.24, 2.45) is 0 Å². The van der Waals surface area contributed by atoms with Crippen molar-refractivity contribution in [3.8, 4) is 17.1 Å². The Kier molecular flexibility index (Phi) is 14.8. The average molecular weight is 975 g/mol. The van der Waals surface area contributed by atoms with Gasteiger partial charge in [-0.15, -0.1) is 0 Å². The Labute approximate surface area is 431 Å². The maximum atomic E-state index is 13.1. The molecule has 0 N–H and O–H groups in total. The van der Waals surface area contributed by atoms with Gasteiger partial charge in [0, 0.05) is 18.6 Å². The molecule has 7 aromatic carbocycles. The summed E-state index contributed by atoms with van der Waals surface area (Å²) in [5.74, 6) is 1.76. The lowest BCUT2D eigenvalue weighted by atomic mass is 10.2. The van der Waals surface area contributed by atoms with Crippen LogP contribution in [0.15, 0.2) is 257 Å². The first-order valence-corrected chi connectivity index (χ1v) is 24.1. The van der Waals surface area contributed by atoms with E-state index in [0.717, 1.165) is 33.9 Å². The molecule has 0 saturated heterocycles. The highest BCUT2D eigenvalue weighted by Gasteiger charge is 2.13. The summed E-state index contributed by atoms with van der Waals surface area (Å²) in [5.41, 5.74) is 7.03. The lowest BCUT2D eigenvalue weighted by Gasteiger charge is -2.11. The summed E-state index contributed by atoms with van der Waals surface area (Å²) in [7, 11) is 0. The Bertz CT molecular complexity index is 3730. The number of para-hydroxylation sites is 6. The fraction of sp³-hybridized carbons (Fsp3) is 0. The van der Waals surface area contributed by atoms with Gasteiger partial charge in [-0.05, 0) is 133 Å². The summed E-state index contributed by atoms with van der Waals surface area (Å²) >= 11 is 0. The van der Waals surface area contributed by atoms with E-state index in [1.165, 1.54) is 0 Å². The summed E-state index contributed by atoms with van der Waals surface area (Å²) < 4.78 is 4.92. The van der Waals surface area contributed by atoms with Gasteiger partial charge in [0.15, 0.2) is 0 Å². The highest BCUT2D eigenvalue weighted by molar-refractivity contribution is 5.82. The van der Waals surface area contributed by atoms with Crippen LogP contribution in [0.1, 0.15) is 34.3 Å². The van der Waals surface area contributed by atoms with E-state index >= 15 is 0 Å². The van der Waals surface area contributed by atoms with Crippen LogP contribution in [-0.2, 0) is 0 Å². The first-order chi connectivity index (χ1) is 37.0. The second-order valence-electron chi connectivity index (χ2n) is 16.8. The number of hydrogen-bond donors (Lipinski definition) is 0. The Balaban J connectivity index is 0.000000128. The van der Waals surface area contributed by atoms with E-state index in [4.69, 9.17) is 4.98 Å². The number of nitrogens with zero attached hydrogens (tertiary/aromatic N) is 8. The second kappa shape index (κ2) is 23.1. The zero-order valence-corrected chi connectivity index (χ0v) is 40.4. The molecule has 0 spiro atoms. The molecule has 0 fully saturated rings. The molecule has 11 nitrogen and oxygen atoms in total. The molecule has 0 unspecified atom stereocenters. The zero-order chi connectivity index (χ0) is 51.2. The maximum Gasteiger partial charge on any atom is 0.266 e. The molecular weight excluding hydrogens is 929 g/mol. The van der Waals surface area contributed by atoms with Crippen molar-refractivity contribution in [2.75, 3.05) is 0 Å². The first kappa shape index (κ1) is 48.1. The molecule has 360 valence electrons. The smallest absolute Gasteiger partial charge is 0.266 e. The molecule has 11 heteroatoms. The van der Waals surface area contributed by atoms with Crippen LogP contribution < -0.4 is 16.7 Å². The minimum absolute atomic E-state index is 0.0653. The summed E-state index contributed by atoms with van der Waals surface area (Å²) in [6.45, 7) is 0. The monoisotopic (exact) mass is 974 g/mol. The topological polar surface area (TPSA) is 130 Å². The summed E-state index contributed by atoms with van der Waals surface area (Å²) in [6.07, 6.45) is 16.5. The summed E-state index contributed by atoms with van der Waals surface area (Å²) in [4.78, 5) is 61.6. The molecule has 5 heterocycles. The zero-order valence-electron chi connectivity index (χ0n) is 40.4. The molecule has 0 aliphatic rings. The van der Waals surface area contributed by atoms with E-state index < -0.39 is 0 Å². The van der Waals surface area contributed by atoms with Gasteiger partial charge < -0.3 is 0 Å². The van der Waals surface area contributed by atoms with Crippen LogP contribution in [0.2, 0.25) is 0 Å². The summed E-state index contributed by atoms with van der Waals surface area (Å²) in [5, 5.41) is 1.81. The van der Waals surface area contributed by atoms with Crippen LogP contribution in [0.25, 0.3) is 86.2 Å². The van der Waals surface area contributed by atoms with E-state index in [1.54, 1.807) is 44.4 Å². The van der Waals surface area contributed by atoms with Gasteiger partial charge in [-0.2, -0.15) is 0 Å². The lowest BCUT2D eigenvalue weighted by Crippen LogP contribution is -2.22. The van der Waals surface area contributed by atoms with Gasteiger partial charge in [-0.1, -0.05) is 140 Å². The van der Waals surface area contributed by atoms with Crippen LogP contribution in [0.3, 0.4) is 0 Å². The van der Waals surface area contributed by atoms with Gasteiger partial charge in [-0.25, -0.2) is 15.0 Å². The Morgan fingerprint density at radius 3 is 1.07 bits per heavy atom. The number of aromatic nitrogens is 8. The van der Waals surface area contributed by atoms with Crippen molar-refractivity contribution in [3.63, 3.8) is 0 Å². The molecule has 0 atom stereocenters. The third kappa shape index (κ3) is 11.3. The molecule has 12 aromatic rings. The summed E-state index contributed by atoms with van der Waals surface area (Å²) in [6, 6.07) is 70.4. The number of fused-ring (bicyclic) bond motifs is 3. The Hall–Kier alpha value is -10.5. The van der Waals surface area contributed by atoms with Gasteiger partial charge in [-0.3, -0.25) is 38.1 Å². The molecule has 0 amide bonds. The van der Waals surface area contributed by atoms with E-state index in [0.29, 0.717) is 50.2 Å². The van der Waals surface area contributed by atoms with Crippen molar-refractivity contribution >= 4 is 69.2 Å². The van der Waals surface area contributed by atoms with Gasteiger partial charge in [0.2, 0.25) is 0 Å². The Morgan fingerprint density at radius 1 is 0.307 bits per heavy atom. The van der Waals surface area contributed by atoms with Crippen molar-refractivity contribution in [1.82, 2.24) is 38.6 Å². The van der Waals surface area contributed by atoms with E-state index in [2.05, 4.69) is 19.9 Å². The van der Waals surface area contributed by atoms with Gasteiger partial charge in [0.25, 0.3) is 16.7 Å². The van der Waals surface area contributed by atoms with Gasteiger partial charge in [0.05, 0.1) is 55.5 Å². The SMILES string of the molecule is O=c1c2ccccc2nc(/C=C/c2ccccc2)n1-c1ccccc1.O=c1c2ccccc2nc(/C=C/c2ccccn2)n1-c1ccccc1.O=c1c2ccccc2nc(/C=C/c2cccnc2)n1-c1ccccc1. The predicted octanol–water partition coefficient (Wildman–Crippen LogP) is 12.5. The molecule has 5 aromatic heterocycles. The molecule has 0 radical (unpaired) electrons. The van der Waals surface area contributed by atoms with Crippen molar-refractivity contribution in [3.05, 3.63) is 308 Å². The number of rotatable bonds is 9. The lowest BCUT2D eigenvalue weighted by molar-refractivity contribution is 0.944. The van der Waals surface area contributed by atoms with Crippen LogP contribution in [0.4, 0.5) is 0 Å². The normalized spacial score (nSPS) is 11.2. The van der Waals surface area contributed by atoms with Crippen LogP contribution in [0, 0.1) is 0 Å². The van der Waals surface area contributed by atoms with E-state index in [1.807, 2.05) is 249 Å². The van der Waals surface area contributed by atoms with Crippen molar-refractivity contribution in [2.45, 2.75) is 0 Å². The molecule has 0 aliphatic heterocycles. The number of benzene rings is 7. The molecule has 0 saturated carbocycles. The van der Waals surface area contributed by atoms with Gasteiger partial charge >= 0.3 is 0 Å². The highest BCUT2D eigenvalue weighted by atomic mass is 16.1. The standard InChI is InChI=1S/C22H16N2O.2C21H15N3O/c25-22-19-13-7-8-14-20(19)23-21(16-15-17-9-3-1-4-10-17)24(22)18-11-5-2-6-12-18;25-21-18-11-4-5-12-19(18)23-20(14-13-16-8-6-7-15-22-16)24(21)17-9-2-1-3-10-17;25-21-18-10-4-5-11-19(18)23-20(13-12-16-7-6-14-22-15-16)24(21)17-8-2-1-3-9-17/h1-16H;2*1-15H/b16-15+;14-13+;13-12+. The molecular formula is C64H46N8O3. The van der Waals surface area contributed by atoms with Crippen LogP contribution >= 0.6 is 0 Å². The van der Waals surface area contributed by atoms with E-state index in [9.17, 15) is 14.4 Å². The minimum Gasteiger partial charge on any atom is -0.268 e. The molecule has 0 bridgehead atoms. The molecule has 75 heavy (non-hydrogen) atoms. The van der Waals surface area contributed by atoms with E-state index in [-0.39, 0.29) is 16.7 Å². The molecule has 0 aliphatic carbocycles.